The molecule has 0 aliphatic rings. The number of hydrogen-bond acceptors (Lipinski definition) is 6. The van der Waals surface area contributed by atoms with Gasteiger partial charge in [-0.3, -0.25) is 4.79 Å². The fraction of sp³-hybridized carbons (Fsp3) is 0.217. The number of carbonyl (C=O) groups is 1. The summed E-state index contributed by atoms with van der Waals surface area (Å²) in [6.45, 7) is 3.25. The van der Waals surface area contributed by atoms with Crippen molar-refractivity contribution in [3.63, 3.8) is 0 Å². The number of nitrogens with one attached hydrogen (secondary N) is 1. The molecule has 8 nitrogen and oxygen atoms in total. The van der Waals surface area contributed by atoms with Crippen LogP contribution in [0.5, 0.6) is 5.75 Å². The first-order valence-corrected chi connectivity index (χ1v) is 10.1. The number of anilines is 1. The molecule has 0 saturated carbocycles. The molecule has 2 heterocycles. The first-order valence-electron chi connectivity index (χ1n) is 10.1. The third kappa shape index (κ3) is 5.57. The first kappa shape index (κ1) is 20.3. The molecule has 4 aromatic rings. The first-order chi connectivity index (χ1) is 15.2. The van der Waals surface area contributed by atoms with E-state index in [2.05, 4.69) is 20.4 Å². The van der Waals surface area contributed by atoms with Crippen molar-refractivity contribution in [2.45, 2.75) is 26.3 Å². The summed E-state index contributed by atoms with van der Waals surface area (Å²) in [6.07, 6.45) is 6.01. The lowest BCUT2D eigenvalue weighted by Crippen LogP contribution is -2.12. The standard InChI is InChI=1S/C23H23N5O3/c1-2-30-20-8-6-18(7-9-20)23-26-22(31-27-23)11-10-21(29)25-19-5-3-4-17(14-19)15-28-13-12-24-16-28/h3-9,12-14,16H,2,10-11,15H2,1H3,(H,25,29). The zero-order valence-electron chi connectivity index (χ0n) is 17.2. The topological polar surface area (TPSA) is 95.1 Å². The van der Waals surface area contributed by atoms with E-state index in [9.17, 15) is 4.79 Å². The Morgan fingerprint density at radius 2 is 2.06 bits per heavy atom. The summed E-state index contributed by atoms with van der Waals surface area (Å²) in [7, 11) is 0. The van der Waals surface area contributed by atoms with Gasteiger partial charge in [-0.05, 0) is 48.9 Å². The molecular formula is C23H23N5O3. The molecule has 158 valence electrons. The van der Waals surface area contributed by atoms with E-state index in [1.54, 1.807) is 12.5 Å². The molecule has 0 fully saturated rings. The predicted molar refractivity (Wildman–Crippen MR) is 116 cm³/mol. The van der Waals surface area contributed by atoms with Crippen molar-refractivity contribution in [3.8, 4) is 17.1 Å². The molecule has 4 rings (SSSR count). The number of hydrogen-bond donors (Lipinski definition) is 1. The van der Waals surface area contributed by atoms with Gasteiger partial charge in [-0.1, -0.05) is 17.3 Å². The van der Waals surface area contributed by atoms with Crippen molar-refractivity contribution >= 4 is 11.6 Å². The summed E-state index contributed by atoms with van der Waals surface area (Å²) < 4.78 is 12.7. The highest BCUT2D eigenvalue weighted by atomic mass is 16.5. The molecule has 1 amide bonds. The smallest absolute Gasteiger partial charge is 0.227 e. The number of carbonyl (C=O) groups excluding carboxylic acids is 1. The van der Waals surface area contributed by atoms with Crippen molar-refractivity contribution in [2.24, 2.45) is 0 Å². The fourth-order valence-electron chi connectivity index (χ4n) is 3.12. The minimum Gasteiger partial charge on any atom is -0.494 e. The lowest BCUT2D eigenvalue weighted by atomic mass is 10.2. The Hall–Kier alpha value is -3.94. The van der Waals surface area contributed by atoms with Gasteiger partial charge >= 0.3 is 0 Å². The second kappa shape index (κ2) is 9.71. The second-order valence-electron chi connectivity index (χ2n) is 6.95. The van der Waals surface area contributed by atoms with Crippen LogP contribution >= 0.6 is 0 Å². The molecule has 0 atom stereocenters. The highest BCUT2D eigenvalue weighted by molar-refractivity contribution is 5.90. The summed E-state index contributed by atoms with van der Waals surface area (Å²) in [5.74, 6) is 1.60. The van der Waals surface area contributed by atoms with Crippen LogP contribution in [0, 0.1) is 0 Å². The number of nitrogens with zero attached hydrogens (tertiary/aromatic N) is 4. The van der Waals surface area contributed by atoms with Gasteiger partial charge in [-0.25, -0.2) is 4.98 Å². The normalized spacial score (nSPS) is 10.7. The molecule has 0 spiro atoms. The molecule has 1 N–H and O–H groups in total. The van der Waals surface area contributed by atoms with E-state index >= 15 is 0 Å². The lowest BCUT2D eigenvalue weighted by molar-refractivity contribution is -0.116. The summed E-state index contributed by atoms with van der Waals surface area (Å²) in [6, 6.07) is 15.2. The number of amides is 1. The molecule has 2 aromatic carbocycles. The number of benzene rings is 2. The highest BCUT2D eigenvalue weighted by Gasteiger charge is 2.11. The number of rotatable bonds is 9. The van der Waals surface area contributed by atoms with Crippen LogP contribution in [0.1, 0.15) is 24.8 Å². The van der Waals surface area contributed by atoms with E-state index in [1.165, 1.54) is 0 Å². The van der Waals surface area contributed by atoms with E-state index in [4.69, 9.17) is 9.26 Å². The quantitative estimate of drug-likeness (QED) is 0.443. The van der Waals surface area contributed by atoms with Gasteiger partial charge in [0.15, 0.2) is 0 Å². The second-order valence-corrected chi connectivity index (χ2v) is 6.95. The van der Waals surface area contributed by atoms with Crippen LogP contribution in [0.25, 0.3) is 11.4 Å². The molecule has 0 aliphatic heterocycles. The maximum absolute atomic E-state index is 12.4. The SMILES string of the molecule is CCOc1ccc(-c2noc(CCC(=O)Nc3cccc(Cn4ccnc4)c3)n2)cc1. The van der Waals surface area contributed by atoms with Crippen molar-refractivity contribution in [1.82, 2.24) is 19.7 Å². The van der Waals surface area contributed by atoms with Gasteiger partial charge in [-0.2, -0.15) is 4.98 Å². The maximum Gasteiger partial charge on any atom is 0.227 e. The highest BCUT2D eigenvalue weighted by Crippen LogP contribution is 2.20. The third-order valence-corrected chi connectivity index (χ3v) is 4.59. The van der Waals surface area contributed by atoms with Crippen molar-refractivity contribution in [2.75, 3.05) is 11.9 Å². The molecule has 31 heavy (non-hydrogen) atoms. The van der Waals surface area contributed by atoms with Crippen LogP contribution in [-0.4, -0.2) is 32.2 Å². The Morgan fingerprint density at radius 1 is 1.19 bits per heavy atom. The van der Waals surface area contributed by atoms with Crippen LogP contribution in [0.3, 0.4) is 0 Å². The Balaban J connectivity index is 1.30. The van der Waals surface area contributed by atoms with E-state index in [-0.39, 0.29) is 12.3 Å². The van der Waals surface area contributed by atoms with Gasteiger partial charge in [0, 0.05) is 43.0 Å². The van der Waals surface area contributed by atoms with Crippen LogP contribution in [-0.2, 0) is 17.8 Å². The van der Waals surface area contributed by atoms with E-state index in [1.807, 2.05) is 66.2 Å². The van der Waals surface area contributed by atoms with Crippen molar-refractivity contribution in [3.05, 3.63) is 78.7 Å². The molecule has 2 aromatic heterocycles. The molecule has 0 saturated heterocycles. The van der Waals surface area contributed by atoms with Crippen LogP contribution < -0.4 is 10.1 Å². The van der Waals surface area contributed by atoms with E-state index < -0.39 is 0 Å². The summed E-state index contributed by atoms with van der Waals surface area (Å²) in [4.78, 5) is 20.8. The monoisotopic (exact) mass is 417 g/mol. The Labute approximate surface area is 179 Å². The molecule has 0 bridgehead atoms. The van der Waals surface area contributed by atoms with Crippen LogP contribution in [0.15, 0.2) is 71.8 Å². The maximum atomic E-state index is 12.4. The fourth-order valence-corrected chi connectivity index (χ4v) is 3.12. The zero-order valence-corrected chi connectivity index (χ0v) is 17.2. The zero-order chi connectivity index (χ0) is 21.5. The summed E-state index contributed by atoms with van der Waals surface area (Å²) in [5.41, 5.74) is 2.66. The van der Waals surface area contributed by atoms with Crippen LogP contribution in [0.4, 0.5) is 5.69 Å². The summed E-state index contributed by atoms with van der Waals surface area (Å²) >= 11 is 0. The Kier molecular flexibility index (Phi) is 6.37. The number of imidazole rings is 1. The van der Waals surface area contributed by atoms with Gasteiger partial charge in [0.25, 0.3) is 0 Å². The van der Waals surface area contributed by atoms with Crippen molar-refractivity contribution < 1.29 is 14.1 Å². The number of ether oxygens (including phenoxy) is 1. The van der Waals surface area contributed by atoms with Gasteiger partial charge < -0.3 is 19.1 Å². The van der Waals surface area contributed by atoms with E-state index in [0.717, 1.165) is 22.6 Å². The van der Waals surface area contributed by atoms with Crippen molar-refractivity contribution in [1.29, 1.82) is 0 Å². The average molecular weight is 417 g/mol. The van der Waals surface area contributed by atoms with Gasteiger partial charge in [0.1, 0.15) is 5.75 Å². The minimum atomic E-state index is -0.111. The molecule has 0 radical (unpaired) electrons. The molecule has 8 heteroatoms. The largest absolute Gasteiger partial charge is 0.494 e. The average Bonchev–Trinajstić information content (AvgIpc) is 3.46. The Bertz CT molecular complexity index is 1120. The Morgan fingerprint density at radius 3 is 2.84 bits per heavy atom. The lowest BCUT2D eigenvalue weighted by Gasteiger charge is -2.07. The minimum absolute atomic E-state index is 0.111. The number of aryl methyl sites for hydroxylation is 1. The van der Waals surface area contributed by atoms with Gasteiger partial charge in [-0.15, -0.1) is 0 Å². The van der Waals surface area contributed by atoms with Gasteiger partial charge in [0.2, 0.25) is 17.6 Å². The molecular weight excluding hydrogens is 394 g/mol. The van der Waals surface area contributed by atoms with E-state index in [0.29, 0.717) is 31.3 Å². The van der Waals surface area contributed by atoms with Gasteiger partial charge in [0.05, 0.1) is 12.9 Å². The van der Waals surface area contributed by atoms with Crippen LogP contribution in [0.2, 0.25) is 0 Å². The predicted octanol–water partition coefficient (Wildman–Crippen LogP) is 3.95. The summed E-state index contributed by atoms with van der Waals surface area (Å²) in [5, 5.41) is 6.93. The number of aromatic nitrogens is 4. The molecule has 0 aliphatic carbocycles. The molecule has 0 unspecified atom stereocenters. The third-order valence-electron chi connectivity index (χ3n) is 4.59.